The number of nitrogens with two attached hydrogens (primary N) is 2. The summed E-state index contributed by atoms with van der Waals surface area (Å²) >= 11 is 1.62. The van der Waals surface area contributed by atoms with Crippen molar-refractivity contribution in [1.82, 2.24) is 0 Å². The summed E-state index contributed by atoms with van der Waals surface area (Å²) < 4.78 is 0. The molecule has 0 radical (unpaired) electrons. The summed E-state index contributed by atoms with van der Waals surface area (Å²) in [5.74, 6) is -0.410. The number of carbonyl (C=O) groups is 1. The molecule has 0 saturated heterocycles. The summed E-state index contributed by atoms with van der Waals surface area (Å²) in [6, 6.07) is 7.25. The van der Waals surface area contributed by atoms with Crippen LogP contribution in [0, 0.1) is 6.92 Å². The molecule has 2 rings (SSSR count). The molecule has 0 aliphatic heterocycles. The molecular weight excluding hydrogens is 246 g/mol. The van der Waals surface area contributed by atoms with Gasteiger partial charge in [-0.15, -0.1) is 11.3 Å². The van der Waals surface area contributed by atoms with Crippen LogP contribution in [0.3, 0.4) is 0 Å². The van der Waals surface area contributed by atoms with E-state index in [1.165, 1.54) is 0 Å². The molecule has 1 heterocycles. The Bertz CT molecular complexity index is 577. The molecule has 1 amide bonds. The van der Waals surface area contributed by atoms with Crippen molar-refractivity contribution in [2.45, 2.75) is 13.5 Å². The van der Waals surface area contributed by atoms with E-state index in [1.807, 2.05) is 24.4 Å². The van der Waals surface area contributed by atoms with E-state index in [9.17, 15) is 4.79 Å². The summed E-state index contributed by atoms with van der Waals surface area (Å²) in [5, 5.41) is 5.27. The number of nitrogen functional groups attached to an aromatic ring is 1. The number of carbonyl (C=O) groups excluding carboxylic acids is 1. The van der Waals surface area contributed by atoms with Crippen molar-refractivity contribution >= 4 is 28.6 Å². The monoisotopic (exact) mass is 261 g/mol. The van der Waals surface area contributed by atoms with Crippen molar-refractivity contribution in [3.8, 4) is 0 Å². The highest BCUT2D eigenvalue weighted by molar-refractivity contribution is 7.10. The van der Waals surface area contributed by atoms with Gasteiger partial charge in [-0.1, -0.05) is 0 Å². The van der Waals surface area contributed by atoms with Crippen molar-refractivity contribution in [2.24, 2.45) is 5.73 Å². The number of nitrogens with one attached hydrogen (secondary N) is 1. The summed E-state index contributed by atoms with van der Waals surface area (Å²) in [5.41, 5.74) is 14.3. The molecule has 18 heavy (non-hydrogen) atoms. The van der Waals surface area contributed by atoms with E-state index in [-0.39, 0.29) is 0 Å². The second-order valence-electron chi connectivity index (χ2n) is 4.05. The van der Waals surface area contributed by atoms with Gasteiger partial charge >= 0.3 is 0 Å². The highest BCUT2D eigenvalue weighted by Gasteiger charge is 2.05. The molecule has 0 unspecified atom stereocenters. The van der Waals surface area contributed by atoms with Gasteiger partial charge in [-0.3, -0.25) is 4.79 Å². The zero-order valence-corrected chi connectivity index (χ0v) is 10.9. The number of benzene rings is 1. The standard InChI is InChI=1S/C13H15N3OS/c1-8-6-9(13(15)17)2-3-11(8)16-7-12-10(14)4-5-18-12/h2-6,16H,7,14H2,1H3,(H2,15,17). The number of primary amides is 1. The van der Waals surface area contributed by atoms with Gasteiger partial charge in [-0.25, -0.2) is 0 Å². The Labute approximate surface area is 110 Å². The lowest BCUT2D eigenvalue weighted by Gasteiger charge is -2.10. The Morgan fingerprint density at radius 1 is 1.39 bits per heavy atom. The largest absolute Gasteiger partial charge is 0.398 e. The summed E-state index contributed by atoms with van der Waals surface area (Å²) in [6.07, 6.45) is 0. The second kappa shape index (κ2) is 5.10. The predicted molar refractivity (Wildman–Crippen MR) is 75.8 cm³/mol. The predicted octanol–water partition coefficient (Wildman–Crippen LogP) is 2.35. The normalized spacial score (nSPS) is 10.3. The first kappa shape index (κ1) is 12.4. The molecular formula is C13H15N3OS. The lowest BCUT2D eigenvalue weighted by Crippen LogP contribution is -2.11. The smallest absolute Gasteiger partial charge is 0.248 e. The lowest BCUT2D eigenvalue weighted by atomic mass is 10.1. The summed E-state index contributed by atoms with van der Waals surface area (Å²) in [7, 11) is 0. The van der Waals surface area contributed by atoms with Crippen molar-refractivity contribution in [1.29, 1.82) is 0 Å². The van der Waals surface area contributed by atoms with Gasteiger partial charge in [0.1, 0.15) is 0 Å². The molecule has 4 nitrogen and oxygen atoms in total. The Balaban J connectivity index is 2.11. The van der Waals surface area contributed by atoms with Gasteiger partial charge in [0, 0.05) is 21.8 Å². The fraction of sp³-hybridized carbons (Fsp3) is 0.154. The molecule has 1 aromatic heterocycles. The average molecular weight is 261 g/mol. The van der Waals surface area contributed by atoms with Gasteiger partial charge in [-0.2, -0.15) is 0 Å². The first-order valence-electron chi connectivity index (χ1n) is 5.54. The fourth-order valence-corrected chi connectivity index (χ4v) is 2.42. The van der Waals surface area contributed by atoms with Crippen LogP contribution in [0.15, 0.2) is 29.6 Å². The highest BCUT2D eigenvalue weighted by Crippen LogP contribution is 2.22. The topological polar surface area (TPSA) is 81.1 Å². The van der Waals surface area contributed by atoms with Gasteiger partial charge in [0.05, 0.1) is 6.54 Å². The second-order valence-corrected chi connectivity index (χ2v) is 5.05. The molecule has 0 fully saturated rings. The minimum Gasteiger partial charge on any atom is -0.398 e. The maximum Gasteiger partial charge on any atom is 0.248 e. The number of hydrogen-bond acceptors (Lipinski definition) is 4. The molecule has 1 aromatic carbocycles. The number of amides is 1. The SMILES string of the molecule is Cc1cc(C(N)=O)ccc1NCc1sccc1N. The average Bonchev–Trinajstić information content (AvgIpc) is 2.73. The lowest BCUT2D eigenvalue weighted by molar-refractivity contribution is 0.1000. The van der Waals surface area contributed by atoms with Gasteiger partial charge < -0.3 is 16.8 Å². The first-order valence-corrected chi connectivity index (χ1v) is 6.42. The molecule has 0 aliphatic rings. The van der Waals surface area contributed by atoms with Crippen molar-refractivity contribution in [3.63, 3.8) is 0 Å². The van der Waals surface area contributed by atoms with Crippen molar-refractivity contribution in [2.75, 3.05) is 11.1 Å². The molecule has 0 atom stereocenters. The summed E-state index contributed by atoms with van der Waals surface area (Å²) in [4.78, 5) is 12.1. The molecule has 0 spiro atoms. The third-order valence-corrected chi connectivity index (χ3v) is 3.67. The Morgan fingerprint density at radius 2 is 2.17 bits per heavy atom. The Kier molecular flexibility index (Phi) is 3.53. The quantitative estimate of drug-likeness (QED) is 0.790. The Hall–Kier alpha value is -2.01. The van der Waals surface area contributed by atoms with Gasteiger partial charge in [0.25, 0.3) is 0 Å². The van der Waals surface area contributed by atoms with Crippen LogP contribution in [0.2, 0.25) is 0 Å². The first-order chi connectivity index (χ1) is 8.58. The maximum absolute atomic E-state index is 11.0. The third-order valence-electron chi connectivity index (χ3n) is 2.73. The Morgan fingerprint density at radius 3 is 2.72 bits per heavy atom. The number of hydrogen-bond donors (Lipinski definition) is 3. The minimum absolute atomic E-state index is 0.410. The van der Waals surface area contributed by atoms with E-state index in [2.05, 4.69) is 5.32 Å². The zero-order chi connectivity index (χ0) is 13.1. The number of anilines is 2. The van der Waals surface area contributed by atoms with Crippen molar-refractivity contribution < 1.29 is 4.79 Å². The van der Waals surface area contributed by atoms with E-state index in [4.69, 9.17) is 11.5 Å². The molecule has 5 heteroatoms. The number of rotatable bonds is 4. The molecule has 0 aliphatic carbocycles. The van der Waals surface area contributed by atoms with Crippen LogP contribution in [0.5, 0.6) is 0 Å². The number of aryl methyl sites for hydroxylation is 1. The summed E-state index contributed by atoms with van der Waals surface area (Å²) in [6.45, 7) is 2.62. The van der Waals surface area contributed by atoms with Crippen LogP contribution >= 0.6 is 11.3 Å². The third kappa shape index (κ3) is 2.62. The van der Waals surface area contributed by atoms with Crippen LogP contribution in [0.4, 0.5) is 11.4 Å². The molecule has 5 N–H and O–H groups in total. The van der Waals surface area contributed by atoms with Crippen LogP contribution in [-0.2, 0) is 6.54 Å². The van der Waals surface area contributed by atoms with Crippen LogP contribution < -0.4 is 16.8 Å². The van der Waals surface area contributed by atoms with E-state index in [1.54, 1.807) is 23.5 Å². The highest BCUT2D eigenvalue weighted by atomic mass is 32.1. The van der Waals surface area contributed by atoms with Crippen LogP contribution in [-0.4, -0.2) is 5.91 Å². The molecule has 94 valence electrons. The fourth-order valence-electron chi connectivity index (χ4n) is 1.68. The molecule has 0 bridgehead atoms. The number of thiophene rings is 1. The van der Waals surface area contributed by atoms with Gasteiger partial charge in [0.15, 0.2) is 0 Å². The van der Waals surface area contributed by atoms with E-state index in [0.29, 0.717) is 12.1 Å². The van der Waals surface area contributed by atoms with Crippen molar-refractivity contribution in [3.05, 3.63) is 45.6 Å². The van der Waals surface area contributed by atoms with Crippen LogP contribution in [0.25, 0.3) is 0 Å². The maximum atomic E-state index is 11.0. The van der Waals surface area contributed by atoms with Crippen LogP contribution in [0.1, 0.15) is 20.8 Å². The van der Waals surface area contributed by atoms with E-state index in [0.717, 1.165) is 21.8 Å². The molecule has 0 saturated carbocycles. The van der Waals surface area contributed by atoms with Gasteiger partial charge in [-0.05, 0) is 42.1 Å². The zero-order valence-electron chi connectivity index (χ0n) is 10.1. The van der Waals surface area contributed by atoms with E-state index >= 15 is 0 Å². The van der Waals surface area contributed by atoms with Gasteiger partial charge in [0.2, 0.25) is 5.91 Å². The van der Waals surface area contributed by atoms with E-state index < -0.39 is 5.91 Å². The minimum atomic E-state index is -0.410. The molecule has 2 aromatic rings.